The number of furan rings is 1. The lowest BCUT2D eigenvalue weighted by atomic mass is 9.52. The largest absolute Gasteiger partial charge is 0.469 e. The van der Waals surface area contributed by atoms with Crippen LogP contribution in [-0.2, 0) is 9.59 Å². The number of nitro groups is 1. The molecular formula is C22H23N3O7. The van der Waals surface area contributed by atoms with E-state index in [1.54, 1.807) is 37.3 Å². The third-order valence-corrected chi connectivity index (χ3v) is 6.90. The van der Waals surface area contributed by atoms with Gasteiger partial charge in [0.1, 0.15) is 11.7 Å². The van der Waals surface area contributed by atoms with Crippen molar-refractivity contribution in [2.75, 3.05) is 14.1 Å². The molecule has 1 aromatic carbocycles. The van der Waals surface area contributed by atoms with E-state index in [2.05, 4.69) is 0 Å². The number of aliphatic hydroxyl groups is 1. The molecule has 2 fully saturated rings. The molecule has 0 bridgehead atoms. The van der Waals surface area contributed by atoms with Crippen LogP contribution in [0.4, 0.5) is 4.79 Å². The molecular weight excluding hydrogens is 418 g/mol. The number of carbonyl (C=O) groups is 3. The fourth-order valence-electron chi connectivity index (χ4n) is 5.44. The second-order valence-electron chi connectivity index (χ2n) is 8.39. The van der Waals surface area contributed by atoms with Crippen LogP contribution < -0.4 is 0 Å². The fraction of sp³-hybridized carbons (Fsp3) is 0.409. The maximum absolute atomic E-state index is 13.6. The van der Waals surface area contributed by atoms with Crippen molar-refractivity contribution in [2.24, 2.45) is 11.3 Å². The van der Waals surface area contributed by atoms with Gasteiger partial charge in [-0.3, -0.25) is 29.5 Å². The Labute approximate surface area is 183 Å². The molecule has 10 heteroatoms. The number of carbonyl (C=O) groups excluding carboxylic acids is 3. The monoisotopic (exact) mass is 441 g/mol. The predicted octanol–water partition coefficient (Wildman–Crippen LogP) is 1.84. The van der Waals surface area contributed by atoms with Gasteiger partial charge in [-0.1, -0.05) is 37.3 Å². The van der Waals surface area contributed by atoms with Crippen LogP contribution >= 0.6 is 0 Å². The number of aliphatic hydroxyl groups excluding tert-OH is 1. The number of benzene rings is 1. The minimum absolute atomic E-state index is 0.0245. The second-order valence-corrected chi connectivity index (χ2v) is 8.39. The summed E-state index contributed by atoms with van der Waals surface area (Å²) in [4.78, 5) is 53.0. The highest BCUT2D eigenvalue weighted by Crippen LogP contribution is 2.57. The highest BCUT2D eigenvalue weighted by Gasteiger charge is 2.74. The smallest absolute Gasteiger partial charge is 0.332 e. The van der Waals surface area contributed by atoms with Crippen LogP contribution in [0.3, 0.4) is 0 Å². The minimum atomic E-state index is -2.29. The lowest BCUT2D eigenvalue weighted by molar-refractivity contribution is -0.541. The first-order valence-corrected chi connectivity index (χ1v) is 10.2. The number of rotatable bonds is 3. The third kappa shape index (κ3) is 2.72. The molecule has 1 saturated carbocycles. The lowest BCUT2D eigenvalue weighted by Crippen LogP contribution is -2.73. The molecule has 4 rings (SSSR count). The van der Waals surface area contributed by atoms with E-state index in [1.165, 1.54) is 32.5 Å². The number of nitrogens with zero attached hydrogens (tertiary/aromatic N) is 3. The van der Waals surface area contributed by atoms with Gasteiger partial charge in [-0.2, -0.15) is 0 Å². The molecule has 4 amide bonds. The molecule has 168 valence electrons. The average Bonchev–Trinajstić information content (AvgIpc) is 3.32. The van der Waals surface area contributed by atoms with Gasteiger partial charge in [0.15, 0.2) is 5.41 Å². The van der Waals surface area contributed by atoms with E-state index in [0.29, 0.717) is 5.56 Å². The first kappa shape index (κ1) is 21.7. The maximum atomic E-state index is 13.6. The zero-order valence-electron chi connectivity index (χ0n) is 17.7. The molecule has 1 aliphatic heterocycles. The maximum Gasteiger partial charge on any atom is 0.332 e. The molecule has 1 saturated heterocycles. The van der Waals surface area contributed by atoms with E-state index < -0.39 is 58.1 Å². The topological polar surface area (TPSA) is 134 Å². The Morgan fingerprint density at radius 1 is 1.03 bits per heavy atom. The molecule has 2 aromatic rings. The molecule has 1 aromatic heterocycles. The molecule has 5 atom stereocenters. The van der Waals surface area contributed by atoms with Crippen LogP contribution in [0.1, 0.15) is 30.1 Å². The van der Waals surface area contributed by atoms with E-state index in [1.807, 2.05) is 0 Å². The number of imide groups is 2. The number of amides is 4. The van der Waals surface area contributed by atoms with Crippen LogP contribution in [0.5, 0.6) is 0 Å². The normalized spacial score (nSPS) is 30.1. The molecule has 1 N–H and O–H groups in total. The van der Waals surface area contributed by atoms with Crippen molar-refractivity contribution >= 4 is 17.8 Å². The van der Waals surface area contributed by atoms with Crippen LogP contribution in [0.15, 0.2) is 53.1 Å². The summed E-state index contributed by atoms with van der Waals surface area (Å²) in [6.45, 7) is 1.58. The van der Waals surface area contributed by atoms with Crippen LogP contribution in [0.2, 0.25) is 0 Å². The van der Waals surface area contributed by atoms with Crippen molar-refractivity contribution < 1.29 is 28.8 Å². The van der Waals surface area contributed by atoms with Gasteiger partial charge in [-0.25, -0.2) is 4.79 Å². The van der Waals surface area contributed by atoms with E-state index >= 15 is 0 Å². The Morgan fingerprint density at radius 3 is 2.12 bits per heavy atom. The predicted molar refractivity (Wildman–Crippen MR) is 110 cm³/mol. The summed E-state index contributed by atoms with van der Waals surface area (Å²) in [5.41, 5.74) is -1.70. The van der Waals surface area contributed by atoms with Gasteiger partial charge in [0, 0.05) is 19.0 Å². The summed E-state index contributed by atoms with van der Waals surface area (Å²) < 4.78 is 5.50. The quantitative estimate of drug-likeness (QED) is 0.436. The van der Waals surface area contributed by atoms with Gasteiger partial charge in [0.2, 0.25) is 17.9 Å². The number of urea groups is 1. The van der Waals surface area contributed by atoms with E-state index in [0.717, 1.165) is 9.80 Å². The Morgan fingerprint density at radius 2 is 1.62 bits per heavy atom. The van der Waals surface area contributed by atoms with Crippen LogP contribution in [0, 0.1) is 21.4 Å². The van der Waals surface area contributed by atoms with Gasteiger partial charge in [-0.05, 0) is 23.6 Å². The van der Waals surface area contributed by atoms with E-state index in [9.17, 15) is 29.6 Å². The molecule has 1 aliphatic carbocycles. The summed E-state index contributed by atoms with van der Waals surface area (Å²) in [6, 6.07) is 9.26. The molecule has 2 aliphatic rings. The Bertz CT molecular complexity index is 1040. The van der Waals surface area contributed by atoms with Crippen molar-refractivity contribution in [3.8, 4) is 0 Å². The highest BCUT2D eigenvalue weighted by molar-refractivity contribution is 6.20. The zero-order chi connectivity index (χ0) is 23.4. The lowest BCUT2D eigenvalue weighted by Gasteiger charge is -2.53. The zero-order valence-corrected chi connectivity index (χ0v) is 17.7. The highest BCUT2D eigenvalue weighted by atomic mass is 16.6. The molecule has 1 spiro atoms. The summed E-state index contributed by atoms with van der Waals surface area (Å²) in [5, 5.41) is 24.1. The molecule has 32 heavy (non-hydrogen) atoms. The third-order valence-electron chi connectivity index (χ3n) is 6.90. The standard InChI is InChI=1S/C22H23N3O7/c1-12-15(13-8-5-4-6-9-13)17(25(30)31)16(14-10-7-11-32-14)22(18(12)26)19(27)23(2)21(29)24(3)20(22)28/h4-12,15-18,26H,1-3H3/t12-,15+,16-,17+,18+/m1/s1. The number of hydrogen-bond donors (Lipinski definition) is 1. The van der Waals surface area contributed by atoms with Crippen LogP contribution in [0.25, 0.3) is 0 Å². The van der Waals surface area contributed by atoms with Gasteiger partial charge < -0.3 is 9.52 Å². The van der Waals surface area contributed by atoms with Crippen LogP contribution in [-0.4, -0.2) is 63.9 Å². The molecule has 0 unspecified atom stereocenters. The van der Waals surface area contributed by atoms with Gasteiger partial charge in [-0.15, -0.1) is 0 Å². The Kier molecular flexibility index (Phi) is 5.12. The Hall–Kier alpha value is -3.53. The van der Waals surface area contributed by atoms with Gasteiger partial charge >= 0.3 is 6.03 Å². The molecule has 0 radical (unpaired) electrons. The van der Waals surface area contributed by atoms with Crippen molar-refractivity contribution in [3.05, 3.63) is 70.2 Å². The second kappa shape index (κ2) is 7.56. The van der Waals surface area contributed by atoms with E-state index in [-0.39, 0.29) is 5.76 Å². The summed E-state index contributed by atoms with van der Waals surface area (Å²) in [6.07, 6.45) is -0.324. The Balaban J connectivity index is 2.03. The number of hydrogen-bond acceptors (Lipinski definition) is 7. The van der Waals surface area contributed by atoms with Gasteiger partial charge in [0.25, 0.3) is 0 Å². The van der Waals surface area contributed by atoms with Gasteiger partial charge in [0.05, 0.1) is 18.3 Å². The molecule has 2 heterocycles. The summed E-state index contributed by atoms with van der Waals surface area (Å²) in [7, 11) is 2.38. The molecule has 10 nitrogen and oxygen atoms in total. The summed E-state index contributed by atoms with van der Waals surface area (Å²) >= 11 is 0. The first-order valence-electron chi connectivity index (χ1n) is 10.2. The fourth-order valence-corrected chi connectivity index (χ4v) is 5.44. The summed E-state index contributed by atoms with van der Waals surface area (Å²) in [5.74, 6) is -5.06. The minimum Gasteiger partial charge on any atom is -0.469 e. The van der Waals surface area contributed by atoms with Crippen molar-refractivity contribution in [1.29, 1.82) is 0 Å². The first-order chi connectivity index (χ1) is 15.2. The van der Waals surface area contributed by atoms with Crippen molar-refractivity contribution in [3.63, 3.8) is 0 Å². The SMILES string of the molecule is C[C@@H]1[C@@H](c2ccccc2)[C@H]([N+](=O)[O-])[C@@H](c2ccco2)C2(C(=O)N(C)C(=O)N(C)C2=O)[C@H]1O. The number of barbiturate groups is 1. The van der Waals surface area contributed by atoms with Crippen molar-refractivity contribution in [1.82, 2.24) is 9.80 Å². The van der Waals surface area contributed by atoms with Crippen molar-refractivity contribution in [2.45, 2.75) is 30.9 Å². The van der Waals surface area contributed by atoms with E-state index in [4.69, 9.17) is 4.42 Å². The average molecular weight is 441 g/mol.